The third kappa shape index (κ3) is 5.70. The fourth-order valence-corrected chi connectivity index (χ4v) is 8.72. The molecule has 0 spiro atoms. The second-order valence-electron chi connectivity index (χ2n) is 15.2. The highest BCUT2D eigenvalue weighted by atomic mass is 14.5. The third-order valence-corrected chi connectivity index (χ3v) is 9.71. The van der Waals surface area contributed by atoms with Crippen LogP contribution in [0.5, 0.6) is 0 Å². The molecule has 3 aliphatic rings. The lowest BCUT2D eigenvalue weighted by Gasteiger charge is -2.47. The van der Waals surface area contributed by atoms with Gasteiger partial charge < -0.3 is 0 Å². The van der Waals surface area contributed by atoms with Gasteiger partial charge in [-0.05, 0) is 95.6 Å². The summed E-state index contributed by atoms with van der Waals surface area (Å²) in [5.41, 5.74) is 9.58. The summed E-state index contributed by atoms with van der Waals surface area (Å²) >= 11 is 0. The highest BCUT2D eigenvalue weighted by molar-refractivity contribution is 5.68. The highest BCUT2D eigenvalue weighted by Crippen LogP contribution is 2.54. The molecule has 0 aliphatic heterocycles. The molecule has 2 aromatic carbocycles. The van der Waals surface area contributed by atoms with Gasteiger partial charge in [0.05, 0.1) is 0 Å². The fourth-order valence-electron chi connectivity index (χ4n) is 8.72. The maximum Gasteiger partial charge on any atom is 0.0140 e. The van der Waals surface area contributed by atoms with Gasteiger partial charge in [0.2, 0.25) is 0 Å². The van der Waals surface area contributed by atoms with Gasteiger partial charge in [0, 0.05) is 22.7 Å². The molecule has 3 aliphatic carbocycles. The van der Waals surface area contributed by atoms with Crippen molar-refractivity contribution in [3.63, 3.8) is 0 Å². The van der Waals surface area contributed by atoms with Crippen LogP contribution in [0.1, 0.15) is 139 Å². The Labute approximate surface area is 246 Å². The van der Waals surface area contributed by atoms with Crippen molar-refractivity contribution in [2.75, 3.05) is 0 Å². The standard InChI is InChI=1S/C40H54/c1-27(2)23-39(24-28(3)4)19-20-40(25-29(5)6,26-30(7)8)38-22-36-33(17-18-34(36)21-37(38)39)16-15-32-14-13-31-11-9-10-12-35(31)32/h9-14,17-22,27-30,32-33H,15-16,23-26H2,1-8H3. The summed E-state index contributed by atoms with van der Waals surface area (Å²) in [7, 11) is 0. The lowest BCUT2D eigenvalue weighted by molar-refractivity contribution is 0.292. The molecular formula is C40H54. The first-order valence-corrected chi connectivity index (χ1v) is 16.4. The predicted octanol–water partition coefficient (Wildman–Crippen LogP) is 11.6. The molecule has 5 rings (SSSR count). The van der Waals surface area contributed by atoms with Crippen molar-refractivity contribution in [2.24, 2.45) is 23.7 Å². The van der Waals surface area contributed by atoms with Gasteiger partial charge in [-0.1, -0.05) is 128 Å². The van der Waals surface area contributed by atoms with Gasteiger partial charge in [-0.3, -0.25) is 0 Å². The quantitative estimate of drug-likeness (QED) is 0.251. The van der Waals surface area contributed by atoms with E-state index in [0.717, 1.165) is 0 Å². The summed E-state index contributed by atoms with van der Waals surface area (Å²) in [6, 6.07) is 14.3. The summed E-state index contributed by atoms with van der Waals surface area (Å²) < 4.78 is 0. The van der Waals surface area contributed by atoms with Crippen molar-refractivity contribution in [3.8, 4) is 0 Å². The number of rotatable bonds is 11. The Morgan fingerprint density at radius 1 is 0.550 bits per heavy atom. The summed E-state index contributed by atoms with van der Waals surface area (Å²) in [5.74, 6) is 3.73. The van der Waals surface area contributed by atoms with E-state index in [9.17, 15) is 0 Å². The molecule has 0 N–H and O–H groups in total. The second kappa shape index (κ2) is 11.5. The summed E-state index contributed by atoms with van der Waals surface area (Å²) in [6.45, 7) is 19.3. The van der Waals surface area contributed by atoms with Crippen LogP contribution in [0.15, 0.2) is 60.7 Å². The molecule has 214 valence electrons. The Bertz CT molecular complexity index is 1260. The molecule has 0 nitrogen and oxygen atoms in total. The Morgan fingerprint density at radius 2 is 1.00 bits per heavy atom. The van der Waals surface area contributed by atoms with E-state index in [1.54, 1.807) is 16.7 Å². The van der Waals surface area contributed by atoms with Crippen molar-refractivity contribution >= 4 is 12.2 Å². The molecule has 0 saturated carbocycles. The van der Waals surface area contributed by atoms with Crippen molar-refractivity contribution in [1.82, 2.24) is 0 Å². The van der Waals surface area contributed by atoms with Gasteiger partial charge in [-0.15, -0.1) is 0 Å². The molecular weight excluding hydrogens is 480 g/mol. The van der Waals surface area contributed by atoms with Gasteiger partial charge in [0.25, 0.3) is 0 Å². The van der Waals surface area contributed by atoms with Gasteiger partial charge in [0.1, 0.15) is 0 Å². The molecule has 2 aromatic rings. The van der Waals surface area contributed by atoms with Crippen LogP contribution < -0.4 is 0 Å². The molecule has 2 unspecified atom stereocenters. The van der Waals surface area contributed by atoms with E-state index < -0.39 is 0 Å². The van der Waals surface area contributed by atoms with E-state index in [-0.39, 0.29) is 10.8 Å². The summed E-state index contributed by atoms with van der Waals surface area (Å²) in [6.07, 6.45) is 22.5. The van der Waals surface area contributed by atoms with Gasteiger partial charge in [-0.25, -0.2) is 0 Å². The second-order valence-corrected chi connectivity index (χ2v) is 15.2. The van der Waals surface area contributed by atoms with Crippen LogP contribution in [-0.2, 0) is 10.8 Å². The first-order chi connectivity index (χ1) is 19.0. The number of allylic oxidation sites excluding steroid dienone is 4. The minimum Gasteiger partial charge on any atom is -0.0770 e. The molecule has 0 radical (unpaired) electrons. The Balaban J connectivity index is 1.56. The van der Waals surface area contributed by atoms with Crippen LogP contribution in [0.3, 0.4) is 0 Å². The number of hydrogen-bond acceptors (Lipinski definition) is 0. The Kier molecular flexibility index (Phi) is 8.39. The summed E-state index contributed by atoms with van der Waals surface area (Å²) in [4.78, 5) is 0. The molecule has 0 heteroatoms. The van der Waals surface area contributed by atoms with Crippen LogP contribution in [0, 0.1) is 23.7 Å². The van der Waals surface area contributed by atoms with E-state index in [1.165, 1.54) is 55.2 Å². The van der Waals surface area contributed by atoms with Gasteiger partial charge in [-0.2, -0.15) is 0 Å². The zero-order valence-corrected chi connectivity index (χ0v) is 26.6. The van der Waals surface area contributed by atoms with E-state index in [2.05, 4.69) is 128 Å². The zero-order valence-electron chi connectivity index (χ0n) is 26.6. The Hall–Kier alpha value is -2.34. The molecule has 0 bridgehead atoms. The average Bonchev–Trinajstić information content (AvgIpc) is 3.46. The van der Waals surface area contributed by atoms with Crippen LogP contribution in [0.2, 0.25) is 0 Å². The topological polar surface area (TPSA) is 0 Å². The molecule has 40 heavy (non-hydrogen) atoms. The molecule has 2 atom stereocenters. The molecule has 0 heterocycles. The maximum atomic E-state index is 2.72. The minimum atomic E-state index is 0.129. The Morgan fingerprint density at radius 3 is 1.52 bits per heavy atom. The lowest BCUT2D eigenvalue weighted by atomic mass is 9.56. The normalized spacial score (nSPS) is 21.6. The maximum absolute atomic E-state index is 2.72. The van der Waals surface area contributed by atoms with E-state index in [0.29, 0.717) is 35.5 Å². The van der Waals surface area contributed by atoms with Crippen LogP contribution in [0.25, 0.3) is 12.2 Å². The van der Waals surface area contributed by atoms with Crippen molar-refractivity contribution in [1.29, 1.82) is 0 Å². The SMILES string of the molecule is CC(C)CC1(CC(C)C)C=CC(CC(C)C)(CC(C)C)c2cc3c(cc21)C=CC3CCC1C=Cc2ccccc21. The smallest absolute Gasteiger partial charge is 0.0140 e. The minimum absolute atomic E-state index is 0.129. The van der Waals surface area contributed by atoms with Crippen LogP contribution in [0.4, 0.5) is 0 Å². The largest absolute Gasteiger partial charge is 0.0770 e. The van der Waals surface area contributed by atoms with Gasteiger partial charge in [0.15, 0.2) is 0 Å². The number of fused-ring (bicyclic) bond motifs is 3. The van der Waals surface area contributed by atoms with Crippen molar-refractivity contribution in [2.45, 2.75) is 117 Å². The zero-order chi connectivity index (χ0) is 28.7. The van der Waals surface area contributed by atoms with Crippen LogP contribution in [-0.4, -0.2) is 0 Å². The first-order valence-electron chi connectivity index (χ1n) is 16.4. The van der Waals surface area contributed by atoms with E-state index in [4.69, 9.17) is 0 Å². The molecule has 0 fully saturated rings. The van der Waals surface area contributed by atoms with Crippen molar-refractivity contribution < 1.29 is 0 Å². The average molecular weight is 535 g/mol. The van der Waals surface area contributed by atoms with E-state index in [1.807, 2.05) is 0 Å². The lowest BCUT2D eigenvalue weighted by Crippen LogP contribution is -2.40. The monoisotopic (exact) mass is 534 g/mol. The molecule has 0 aromatic heterocycles. The first kappa shape index (κ1) is 29.2. The number of benzene rings is 2. The van der Waals surface area contributed by atoms with Crippen LogP contribution >= 0.6 is 0 Å². The fraction of sp³-hybridized carbons (Fsp3) is 0.550. The third-order valence-electron chi connectivity index (χ3n) is 9.71. The molecule has 0 saturated heterocycles. The predicted molar refractivity (Wildman–Crippen MR) is 176 cm³/mol. The summed E-state index contributed by atoms with van der Waals surface area (Å²) in [5, 5.41) is 0. The van der Waals surface area contributed by atoms with Gasteiger partial charge >= 0.3 is 0 Å². The van der Waals surface area contributed by atoms with Crippen molar-refractivity contribution in [3.05, 3.63) is 94.1 Å². The number of hydrogen-bond donors (Lipinski definition) is 0. The molecule has 0 amide bonds. The highest BCUT2D eigenvalue weighted by Gasteiger charge is 2.45. The van der Waals surface area contributed by atoms with E-state index >= 15 is 0 Å².